The Morgan fingerprint density at radius 3 is 2.90 bits per heavy atom. The van der Waals surface area contributed by atoms with Gasteiger partial charge < -0.3 is 10.5 Å². The van der Waals surface area contributed by atoms with Crippen LogP contribution in [-0.4, -0.2) is 51.4 Å². The van der Waals surface area contributed by atoms with E-state index < -0.39 is 9.84 Å². The SMILES string of the molecule is CCN1CCOC(CS(=O)(=O)c2ccc(N)cc2Cl)C1. The zero-order chi connectivity index (χ0) is 14.8. The molecule has 1 unspecified atom stereocenters. The van der Waals surface area contributed by atoms with Crippen LogP contribution < -0.4 is 5.73 Å². The largest absolute Gasteiger partial charge is 0.399 e. The Morgan fingerprint density at radius 2 is 2.25 bits per heavy atom. The molecule has 0 amide bonds. The number of benzene rings is 1. The highest BCUT2D eigenvalue weighted by Crippen LogP contribution is 2.25. The standard InChI is InChI=1S/C13H19ClN2O3S/c1-2-16-5-6-19-11(8-16)9-20(17,18)13-4-3-10(15)7-12(13)14/h3-4,7,11H,2,5-6,8-9,15H2,1H3. The van der Waals surface area contributed by atoms with Crippen molar-refractivity contribution in [2.75, 3.05) is 37.7 Å². The van der Waals surface area contributed by atoms with Crippen molar-refractivity contribution in [3.8, 4) is 0 Å². The molecule has 0 radical (unpaired) electrons. The summed E-state index contributed by atoms with van der Waals surface area (Å²) in [6.45, 7) is 4.97. The topological polar surface area (TPSA) is 72.6 Å². The summed E-state index contributed by atoms with van der Waals surface area (Å²) in [6.07, 6.45) is -0.317. The summed E-state index contributed by atoms with van der Waals surface area (Å²) < 4.78 is 30.3. The Morgan fingerprint density at radius 1 is 1.50 bits per heavy atom. The summed E-state index contributed by atoms with van der Waals surface area (Å²) in [7, 11) is -3.48. The maximum absolute atomic E-state index is 12.4. The van der Waals surface area contributed by atoms with Gasteiger partial charge in [-0.15, -0.1) is 0 Å². The van der Waals surface area contributed by atoms with Gasteiger partial charge in [0.25, 0.3) is 0 Å². The van der Waals surface area contributed by atoms with Crippen LogP contribution in [0.4, 0.5) is 5.69 Å². The van der Waals surface area contributed by atoms with Crippen molar-refractivity contribution in [2.45, 2.75) is 17.9 Å². The summed E-state index contributed by atoms with van der Waals surface area (Å²) in [6, 6.07) is 4.45. The highest BCUT2D eigenvalue weighted by molar-refractivity contribution is 7.91. The van der Waals surface area contributed by atoms with Gasteiger partial charge in [-0.25, -0.2) is 8.42 Å². The number of halogens is 1. The molecule has 1 aromatic rings. The van der Waals surface area contributed by atoms with E-state index in [1.165, 1.54) is 12.1 Å². The lowest BCUT2D eigenvalue weighted by Gasteiger charge is -2.31. The van der Waals surface area contributed by atoms with Crippen molar-refractivity contribution in [1.29, 1.82) is 0 Å². The molecule has 2 rings (SSSR count). The number of nitrogens with two attached hydrogens (primary N) is 1. The Kier molecular flexibility index (Phi) is 4.90. The fraction of sp³-hybridized carbons (Fsp3) is 0.538. The van der Waals surface area contributed by atoms with E-state index in [4.69, 9.17) is 22.1 Å². The molecule has 1 fully saturated rings. The van der Waals surface area contributed by atoms with Crippen LogP contribution in [0.3, 0.4) is 0 Å². The van der Waals surface area contributed by atoms with Crippen molar-refractivity contribution in [3.63, 3.8) is 0 Å². The Labute approximate surface area is 124 Å². The number of hydrogen-bond acceptors (Lipinski definition) is 5. The molecule has 1 heterocycles. The van der Waals surface area contributed by atoms with E-state index >= 15 is 0 Å². The van der Waals surface area contributed by atoms with E-state index in [9.17, 15) is 8.42 Å². The van der Waals surface area contributed by atoms with E-state index in [0.29, 0.717) is 18.8 Å². The second kappa shape index (κ2) is 6.30. The van der Waals surface area contributed by atoms with Gasteiger partial charge in [0.2, 0.25) is 0 Å². The Hall–Kier alpha value is -0.820. The first kappa shape index (κ1) is 15.6. The zero-order valence-electron chi connectivity index (χ0n) is 11.4. The van der Waals surface area contributed by atoms with Gasteiger partial charge >= 0.3 is 0 Å². The van der Waals surface area contributed by atoms with E-state index in [1.54, 1.807) is 6.07 Å². The fourth-order valence-corrected chi connectivity index (χ4v) is 4.32. The zero-order valence-corrected chi connectivity index (χ0v) is 13.0. The molecule has 2 N–H and O–H groups in total. The number of nitrogens with zero attached hydrogens (tertiary/aromatic N) is 1. The van der Waals surface area contributed by atoms with Crippen LogP contribution in [0.25, 0.3) is 0 Å². The highest BCUT2D eigenvalue weighted by Gasteiger charge is 2.27. The molecule has 0 bridgehead atoms. The van der Waals surface area contributed by atoms with Crippen LogP contribution in [-0.2, 0) is 14.6 Å². The molecular weight excluding hydrogens is 300 g/mol. The average molecular weight is 319 g/mol. The van der Waals surface area contributed by atoms with E-state index in [2.05, 4.69) is 4.90 Å². The third kappa shape index (κ3) is 3.63. The number of anilines is 1. The minimum atomic E-state index is -3.48. The lowest BCUT2D eigenvalue weighted by atomic mass is 10.3. The van der Waals surface area contributed by atoms with Gasteiger partial charge in [-0.3, -0.25) is 4.90 Å². The molecule has 1 saturated heterocycles. The first-order valence-electron chi connectivity index (χ1n) is 6.54. The van der Waals surface area contributed by atoms with Gasteiger partial charge in [0.1, 0.15) is 0 Å². The van der Waals surface area contributed by atoms with Crippen LogP contribution in [0.2, 0.25) is 5.02 Å². The first-order valence-corrected chi connectivity index (χ1v) is 8.57. The molecule has 0 saturated carbocycles. The summed E-state index contributed by atoms with van der Waals surface area (Å²) in [5, 5.41) is 0.160. The quantitative estimate of drug-likeness (QED) is 0.850. The highest BCUT2D eigenvalue weighted by atomic mass is 35.5. The predicted octanol–water partition coefficient (Wildman–Crippen LogP) is 1.42. The average Bonchev–Trinajstić information content (AvgIpc) is 2.37. The monoisotopic (exact) mass is 318 g/mol. The number of ether oxygens (including phenoxy) is 1. The number of likely N-dealkylation sites (N-methyl/N-ethyl adjacent to an activating group) is 1. The molecule has 20 heavy (non-hydrogen) atoms. The van der Waals surface area contributed by atoms with Crippen LogP contribution in [0.15, 0.2) is 23.1 Å². The van der Waals surface area contributed by atoms with E-state index in [0.717, 1.165) is 13.1 Å². The van der Waals surface area contributed by atoms with Crippen molar-refractivity contribution >= 4 is 27.1 Å². The third-order valence-electron chi connectivity index (χ3n) is 3.37. The first-order chi connectivity index (χ1) is 9.42. The number of morpholine rings is 1. The van der Waals surface area contributed by atoms with Crippen LogP contribution >= 0.6 is 11.6 Å². The maximum Gasteiger partial charge on any atom is 0.182 e. The minimum absolute atomic E-state index is 0.0624. The lowest BCUT2D eigenvalue weighted by molar-refractivity contribution is -0.0145. The molecule has 0 spiro atoms. The van der Waals surface area contributed by atoms with Gasteiger partial charge in [-0.1, -0.05) is 18.5 Å². The lowest BCUT2D eigenvalue weighted by Crippen LogP contribution is -2.45. The van der Waals surface area contributed by atoms with Gasteiger partial charge in [0.15, 0.2) is 9.84 Å². The molecule has 112 valence electrons. The van der Waals surface area contributed by atoms with Crippen molar-refractivity contribution in [2.24, 2.45) is 0 Å². The molecular formula is C13H19ClN2O3S. The maximum atomic E-state index is 12.4. The number of nitrogen functional groups attached to an aromatic ring is 1. The number of sulfone groups is 1. The fourth-order valence-electron chi connectivity index (χ4n) is 2.27. The molecule has 5 nitrogen and oxygen atoms in total. The Balaban J connectivity index is 2.14. The molecule has 1 aliphatic heterocycles. The third-order valence-corrected chi connectivity index (χ3v) is 5.63. The number of hydrogen-bond donors (Lipinski definition) is 1. The minimum Gasteiger partial charge on any atom is -0.399 e. The van der Waals surface area contributed by atoms with Crippen LogP contribution in [0.5, 0.6) is 0 Å². The molecule has 1 atom stereocenters. The smallest absolute Gasteiger partial charge is 0.182 e. The second-order valence-electron chi connectivity index (χ2n) is 4.86. The van der Waals surface area contributed by atoms with Gasteiger partial charge in [0, 0.05) is 18.8 Å². The number of rotatable bonds is 4. The van der Waals surface area contributed by atoms with Crippen LogP contribution in [0.1, 0.15) is 6.92 Å². The van der Waals surface area contributed by atoms with Gasteiger partial charge in [0.05, 0.1) is 28.4 Å². The van der Waals surface area contributed by atoms with E-state index in [-0.39, 0.29) is 21.8 Å². The summed E-state index contributed by atoms with van der Waals surface area (Å²) >= 11 is 5.98. The van der Waals surface area contributed by atoms with Gasteiger partial charge in [-0.05, 0) is 24.7 Å². The van der Waals surface area contributed by atoms with E-state index in [1.807, 2.05) is 6.92 Å². The van der Waals surface area contributed by atoms with Crippen molar-refractivity contribution in [1.82, 2.24) is 4.90 Å². The second-order valence-corrected chi connectivity index (χ2v) is 7.27. The predicted molar refractivity (Wildman–Crippen MR) is 79.8 cm³/mol. The summed E-state index contributed by atoms with van der Waals surface area (Å²) in [4.78, 5) is 2.29. The summed E-state index contributed by atoms with van der Waals surface area (Å²) in [5.74, 6) is -0.0624. The van der Waals surface area contributed by atoms with Crippen molar-refractivity contribution < 1.29 is 13.2 Å². The normalized spacial score (nSPS) is 21.0. The summed E-state index contributed by atoms with van der Waals surface area (Å²) in [5.41, 5.74) is 6.03. The van der Waals surface area contributed by atoms with Gasteiger partial charge in [-0.2, -0.15) is 0 Å². The van der Waals surface area contributed by atoms with Crippen LogP contribution in [0, 0.1) is 0 Å². The molecule has 7 heteroatoms. The Bertz CT molecular complexity index is 577. The molecule has 0 aliphatic carbocycles. The molecule has 0 aromatic heterocycles. The molecule has 1 aliphatic rings. The molecule has 1 aromatic carbocycles. The van der Waals surface area contributed by atoms with Crippen molar-refractivity contribution in [3.05, 3.63) is 23.2 Å².